The molecule has 0 unspecified atom stereocenters. The van der Waals surface area contributed by atoms with Crippen LogP contribution in [0, 0.1) is 0 Å². The summed E-state index contributed by atoms with van der Waals surface area (Å²) in [6, 6.07) is 5.00. The van der Waals surface area contributed by atoms with Crippen LogP contribution in [-0.4, -0.2) is 11.1 Å². The second kappa shape index (κ2) is 8.47. The van der Waals surface area contributed by atoms with Crippen molar-refractivity contribution < 1.29 is 14.3 Å². The molecule has 0 aliphatic heterocycles. The molecule has 0 amide bonds. The first-order valence-electron chi connectivity index (χ1n) is 5.66. The molecule has 1 aromatic heterocycles. The van der Waals surface area contributed by atoms with Crippen molar-refractivity contribution in [2.75, 3.05) is 0 Å². The smallest absolute Gasteiger partial charge is 0.399 e. The highest BCUT2D eigenvalue weighted by Crippen LogP contribution is 2.09. The topological polar surface area (TPSA) is 48.4 Å². The zero-order valence-corrected chi connectivity index (χ0v) is 10.5. The first-order valence-corrected chi connectivity index (χ1v) is 5.66. The van der Waals surface area contributed by atoms with Crippen LogP contribution in [0.15, 0.2) is 73.7 Å². The fraction of sp³-hybridized carbons (Fsp3) is 0.0667. The molecule has 0 atom stereocenters. The zero-order chi connectivity index (χ0) is 13.9. The SMILES string of the molecule is C=C/C=C\C=C(/CC=C)OC(=O)Oc1ccccn1. The number of pyridine rings is 1. The fourth-order valence-corrected chi connectivity index (χ4v) is 1.15. The van der Waals surface area contributed by atoms with Crippen molar-refractivity contribution in [1.29, 1.82) is 0 Å². The number of allylic oxidation sites excluding steroid dienone is 5. The fourth-order valence-electron chi connectivity index (χ4n) is 1.15. The highest BCUT2D eigenvalue weighted by molar-refractivity contribution is 5.64. The van der Waals surface area contributed by atoms with Crippen molar-refractivity contribution in [2.24, 2.45) is 0 Å². The first-order chi connectivity index (χ1) is 9.26. The van der Waals surface area contributed by atoms with Gasteiger partial charge in [0.15, 0.2) is 0 Å². The van der Waals surface area contributed by atoms with Gasteiger partial charge in [0.1, 0.15) is 5.76 Å². The molecule has 98 valence electrons. The second-order valence-corrected chi connectivity index (χ2v) is 3.37. The standard InChI is InChI=1S/C15H15NO3/c1-3-5-6-10-13(9-4-2)18-15(17)19-14-11-7-8-12-16-14/h3-8,10-12H,1-2,9H2/b6-5-,13-10+. The maximum absolute atomic E-state index is 11.5. The largest absolute Gasteiger partial charge is 0.520 e. The molecule has 0 fully saturated rings. The summed E-state index contributed by atoms with van der Waals surface area (Å²) in [6.07, 6.45) is 9.42. The summed E-state index contributed by atoms with van der Waals surface area (Å²) < 4.78 is 9.95. The summed E-state index contributed by atoms with van der Waals surface area (Å²) in [6.45, 7) is 7.13. The summed E-state index contributed by atoms with van der Waals surface area (Å²) in [5, 5.41) is 0. The molecule has 0 aliphatic carbocycles. The molecule has 1 aromatic rings. The van der Waals surface area contributed by atoms with Gasteiger partial charge in [-0.3, -0.25) is 0 Å². The first kappa shape index (κ1) is 14.4. The maximum atomic E-state index is 11.5. The number of carbonyl (C=O) groups excluding carboxylic acids is 1. The van der Waals surface area contributed by atoms with Gasteiger partial charge in [0, 0.05) is 18.7 Å². The van der Waals surface area contributed by atoms with Crippen molar-refractivity contribution in [3.05, 3.63) is 73.7 Å². The Morgan fingerprint density at radius 3 is 2.79 bits per heavy atom. The Bertz CT molecular complexity index is 489. The van der Waals surface area contributed by atoms with Gasteiger partial charge in [-0.1, -0.05) is 36.9 Å². The van der Waals surface area contributed by atoms with E-state index in [9.17, 15) is 4.79 Å². The van der Waals surface area contributed by atoms with Crippen molar-refractivity contribution >= 4 is 6.16 Å². The van der Waals surface area contributed by atoms with E-state index in [0.717, 1.165) is 0 Å². The Hall–Kier alpha value is -2.62. The molecule has 0 aliphatic rings. The lowest BCUT2D eigenvalue weighted by molar-refractivity contribution is 0.123. The van der Waals surface area contributed by atoms with Crippen LogP contribution in [0.5, 0.6) is 5.88 Å². The van der Waals surface area contributed by atoms with Gasteiger partial charge >= 0.3 is 6.16 Å². The third-order valence-electron chi connectivity index (χ3n) is 1.91. The number of hydrogen-bond acceptors (Lipinski definition) is 4. The summed E-state index contributed by atoms with van der Waals surface area (Å²) in [5.41, 5.74) is 0. The molecule has 0 radical (unpaired) electrons. The summed E-state index contributed by atoms with van der Waals surface area (Å²) >= 11 is 0. The number of carbonyl (C=O) groups is 1. The third-order valence-corrected chi connectivity index (χ3v) is 1.91. The van der Waals surface area contributed by atoms with Crippen LogP contribution in [0.25, 0.3) is 0 Å². The molecule has 0 bridgehead atoms. The van der Waals surface area contributed by atoms with Crippen molar-refractivity contribution in [3.8, 4) is 5.88 Å². The van der Waals surface area contributed by atoms with E-state index in [1.54, 1.807) is 48.6 Å². The lowest BCUT2D eigenvalue weighted by Gasteiger charge is -2.06. The van der Waals surface area contributed by atoms with E-state index in [0.29, 0.717) is 12.2 Å². The maximum Gasteiger partial charge on any atom is 0.520 e. The average molecular weight is 257 g/mol. The molecule has 0 spiro atoms. The van der Waals surface area contributed by atoms with E-state index in [2.05, 4.69) is 18.1 Å². The third kappa shape index (κ3) is 6.02. The predicted molar refractivity (Wildman–Crippen MR) is 73.6 cm³/mol. The van der Waals surface area contributed by atoms with Crippen LogP contribution in [0.1, 0.15) is 6.42 Å². The molecule has 0 saturated carbocycles. The molecule has 4 heteroatoms. The normalized spacial score (nSPS) is 11.1. The van der Waals surface area contributed by atoms with Gasteiger partial charge in [0.2, 0.25) is 5.88 Å². The molecular formula is C15H15NO3. The van der Waals surface area contributed by atoms with E-state index < -0.39 is 6.16 Å². The van der Waals surface area contributed by atoms with Crippen LogP contribution in [-0.2, 0) is 4.74 Å². The predicted octanol–water partition coefficient (Wildman–Crippen LogP) is 3.80. The van der Waals surface area contributed by atoms with Crippen LogP contribution in [0.3, 0.4) is 0 Å². The van der Waals surface area contributed by atoms with E-state index >= 15 is 0 Å². The Morgan fingerprint density at radius 1 is 1.32 bits per heavy atom. The van der Waals surface area contributed by atoms with Gasteiger partial charge in [0.05, 0.1) is 0 Å². The van der Waals surface area contributed by atoms with Crippen LogP contribution < -0.4 is 4.74 Å². The molecule has 0 aromatic carbocycles. The minimum Gasteiger partial charge on any atom is -0.399 e. The molecule has 0 N–H and O–H groups in total. The summed E-state index contributed by atoms with van der Waals surface area (Å²) in [7, 11) is 0. The molecule has 4 nitrogen and oxygen atoms in total. The van der Waals surface area contributed by atoms with Crippen LogP contribution >= 0.6 is 0 Å². The van der Waals surface area contributed by atoms with Gasteiger partial charge in [0.25, 0.3) is 0 Å². The Balaban J connectivity index is 2.61. The quantitative estimate of drug-likeness (QED) is 0.336. The van der Waals surface area contributed by atoms with E-state index in [1.165, 1.54) is 6.20 Å². The number of rotatable bonds is 6. The lowest BCUT2D eigenvalue weighted by Crippen LogP contribution is -2.10. The van der Waals surface area contributed by atoms with Crippen molar-refractivity contribution in [2.45, 2.75) is 6.42 Å². The van der Waals surface area contributed by atoms with Crippen molar-refractivity contribution in [1.82, 2.24) is 4.98 Å². The summed E-state index contributed by atoms with van der Waals surface area (Å²) in [5.74, 6) is 0.612. The van der Waals surface area contributed by atoms with Gasteiger partial charge in [-0.15, -0.1) is 6.58 Å². The van der Waals surface area contributed by atoms with Crippen LogP contribution in [0.2, 0.25) is 0 Å². The average Bonchev–Trinajstić information content (AvgIpc) is 2.40. The van der Waals surface area contributed by atoms with E-state index in [1.807, 2.05) is 0 Å². The minimum absolute atomic E-state index is 0.187. The highest BCUT2D eigenvalue weighted by Gasteiger charge is 2.09. The van der Waals surface area contributed by atoms with Gasteiger partial charge < -0.3 is 9.47 Å². The minimum atomic E-state index is -0.834. The van der Waals surface area contributed by atoms with E-state index in [-0.39, 0.29) is 5.88 Å². The van der Waals surface area contributed by atoms with Gasteiger partial charge in [-0.2, -0.15) is 0 Å². The number of nitrogens with zero attached hydrogens (tertiary/aromatic N) is 1. The molecule has 1 heterocycles. The van der Waals surface area contributed by atoms with Crippen LogP contribution in [0.4, 0.5) is 4.79 Å². The Labute approximate surface area is 112 Å². The molecule has 19 heavy (non-hydrogen) atoms. The van der Waals surface area contributed by atoms with Gasteiger partial charge in [-0.05, 0) is 12.1 Å². The number of ether oxygens (including phenoxy) is 2. The number of aromatic nitrogens is 1. The molecular weight excluding hydrogens is 242 g/mol. The zero-order valence-electron chi connectivity index (χ0n) is 10.5. The highest BCUT2D eigenvalue weighted by atomic mass is 16.7. The van der Waals surface area contributed by atoms with E-state index in [4.69, 9.17) is 9.47 Å². The van der Waals surface area contributed by atoms with Gasteiger partial charge in [-0.25, -0.2) is 9.78 Å². The van der Waals surface area contributed by atoms with Crippen molar-refractivity contribution in [3.63, 3.8) is 0 Å². The number of hydrogen-bond donors (Lipinski definition) is 0. The Kier molecular flexibility index (Phi) is 6.44. The lowest BCUT2D eigenvalue weighted by atomic mass is 10.3. The summed E-state index contributed by atoms with van der Waals surface area (Å²) in [4.78, 5) is 15.4. The Morgan fingerprint density at radius 2 is 2.16 bits per heavy atom. The molecule has 0 saturated heterocycles. The second-order valence-electron chi connectivity index (χ2n) is 3.37. The monoisotopic (exact) mass is 257 g/mol. The molecule has 1 rings (SSSR count).